The first-order chi connectivity index (χ1) is 15.0. The number of nitrogens with zero attached hydrogens (tertiary/aromatic N) is 2. The Balaban J connectivity index is 1.57. The van der Waals surface area contributed by atoms with Crippen LogP contribution in [0.25, 0.3) is 0 Å². The van der Waals surface area contributed by atoms with Crippen LogP contribution in [0.4, 0.5) is 14.9 Å². The molecule has 32 heavy (non-hydrogen) atoms. The number of amides is 2. The van der Waals surface area contributed by atoms with Crippen molar-refractivity contribution in [3.8, 4) is 0 Å². The van der Waals surface area contributed by atoms with Gasteiger partial charge in [-0.3, -0.25) is 9.80 Å². The minimum Gasteiger partial charge on any atom is -0.330 e. The fraction of sp³-hybridized carbons (Fsp3) is 0.458. The number of nitrogens with one attached hydrogen (secondary N) is 1. The fourth-order valence-electron chi connectivity index (χ4n) is 5.26. The Morgan fingerprint density at radius 1 is 1.03 bits per heavy atom. The van der Waals surface area contributed by atoms with E-state index < -0.39 is 9.84 Å². The monoisotopic (exact) mass is 459 g/mol. The number of para-hydroxylation sites is 1. The summed E-state index contributed by atoms with van der Waals surface area (Å²) in [6.07, 6.45) is 4.40. The van der Waals surface area contributed by atoms with Crippen molar-refractivity contribution in [3.05, 3.63) is 65.5 Å². The molecule has 0 radical (unpaired) electrons. The Morgan fingerprint density at radius 2 is 1.66 bits per heavy atom. The largest absolute Gasteiger partial charge is 0.330 e. The third-order valence-electron chi connectivity index (χ3n) is 7.05. The first-order valence-corrected chi connectivity index (χ1v) is 12.9. The lowest BCUT2D eigenvalue weighted by Crippen LogP contribution is -2.54. The molecule has 1 spiro atoms. The van der Waals surface area contributed by atoms with Crippen LogP contribution in [-0.4, -0.2) is 51.8 Å². The number of halogens is 1. The van der Waals surface area contributed by atoms with Gasteiger partial charge in [0.1, 0.15) is 5.82 Å². The van der Waals surface area contributed by atoms with Gasteiger partial charge in [0, 0.05) is 17.5 Å². The van der Waals surface area contributed by atoms with E-state index in [1.807, 2.05) is 38.4 Å². The molecule has 2 fully saturated rings. The number of benzene rings is 2. The van der Waals surface area contributed by atoms with Crippen LogP contribution in [-0.2, 0) is 21.1 Å². The first-order valence-electron chi connectivity index (χ1n) is 10.8. The molecule has 0 aromatic heterocycles. The molecule has 1 aliphatic heterocycles. The second-order valence-corrected chi connectivity index (χ2v) is 11.6. The number of carbonyl (C=O) groups excluding carboxylic acids is 1. The molecule has 1 saturated carbocycles. The van der Waals surface area contributed by atoms with Gasteiger partial charge in [0.15, 0.2) is 9.84 Å². The molecule has 6 nitrogen and oxygen atoms in total. The smallest absolute Gasteiger partial charge is 0.322 e. The predicted octanol–water partition coefficient (Wildman–Crippen LogP) is 3.67. The van der Waals surface area contributed by atoms with Crippen molar-refractivity contribution in [2.45, 2.75) is 42.5 Å². The third kappa shape index (κ3) is 4.26. The van der Waals surface area contributed by atoms with Crippen LogP contribution in [0, 0.1) is 5.82 Å². The van der Waals surface area contributed by atoms with E-state index >= 15 is 0 Å². The molecule has 0 bridgehead atoms. The van der Waals surface area contributed by atoms with Crippen molar-refractivity contribution >= 4 is 21.6 Å². The zero-order valence-electron chi connectivity index (χ0n) is 18.8. The Hall–Kier alpha value is -2.45. The maximum atomic E-state index is 13.5. The number of rotatable bonds is 5. The van der Waals surface area contributed by atoms with E-state index in [2.05, 4.69) is 10.2 Å². The number of anilines is 1. The quantitative estimate of drug-likeness (QED) is 0.741. The van der Waals surface area contributed by atoms with Crippen molar-refractivity contribution in [1.82, 2.24) is 10.2 Å². The molecular weight excluding hydrogens is 429 g/mol. The summed E-state index contributed by atoms with van der Waals surface area (Å²) in [4.78, 5) is 16.9. The highest BCUT2D eigenvalue weighted by Crippen LogP contribution is 2.46. The average Bonchev–Trinajstić information content (AvgIpc) is 3.04. The molecule has 0 unspecified atom stereocenters. The number of hydrogen-bond acceptors (Lipinski definition) is 4. The van der Waals surface area contributed by atoms with Gasteiger partial charge in [-0.15, -0.1) is 0 Å². The van der Waals surface area contributed by atoms with E-state index in [9.17, 15) is 17.6 Å². The van der Waals surface area contributed by atoms with E-state index in [-0.39, 0.29) is 28.7 Å². The highest BCUT2D eigenvalue weighted by Gasteiger charge is 2.50. The van der Waals surface area contributed by atoms with Crippen LogP contribution in [0.5, 0.6) is 0 Å². The first kappa shape index (κ1) is 22.7. The molecule has 2 aliphatic rings. The van der Waals surface area contributed by atoms with Gasteiger partial charge in [-0.05, 0) is 69.1 Å². The molecule has 8 heteroatoms. The second-order valence-electron chi connectivity index (χ2n) is 9.43. The van der Waals surface area contributed by atoms with Crippen molar-refractivity contribution < 1.29 is 17.6 Å². The molecule has 2 amide bonds. The standard InChI is InChI=1S/C24H30FN3O3S/c1-27(2)24(19-8-10-20(25)11-9-19)14-12-23(13-15-24)17-28(22(29)26-23)21-7-5-4-6-18(21)16-32(3,30)31/h4-11H,12-17H2,1-3H3,(H,26,29)/t23-,24+. The summed E-state index contributed by atoms with van der Waals surface area (Å²) in [6.45, 7) is 0.500. The highest BCUT2D eigenvalue weighted by atomic mass is 32.2. The Labute approximate surface area is 189 Å². The van der Waals surface area contributed by atoms with Crippen LogP contribution in [0.1, 0.15) is 36.8 Å². The summed E-state index contributed by atoms with van der Waals surface area (Å²) in [5, 5.41) is 3.20. The van der Waals surface area contributed by atoms with E-state index in [0.717, 1.165) is 31.2 Å². The predicted molar refractivity (Wildman–Crippen MR) is 124 cm³/mol. The maximum absolute atomic E-state index is 13.5. The molecule has 2 aromatic carbocycles. The van der Waals surface area contributed by atoms with Crippen LogP contribution in [0.3, 0.4) is 0 Å². The SMILES string of the molecule is CN(C)[C@]1(c2ccc(F)cc2)CC[C@]2(CC1)CN(c1ccccc1CS(C)(=O)=O)C(=O)N2. The van der Waals surface area contributed by atoms with Gasteiger partial charge < -0.3 is 5.32 Å². The summed E-state index contributed by atoms with van der Waals surface area (Å²) < 4.78 is 37.3. The Bertz CT molecular complexity index is 1110. The Kier molecular flexibility index (Phi) is 5.79. The molecule has 1 aliphatic carbocycles. The number of urea groups is 1. The summed E-state index contributed by atoms with van der Waals surface area (Å²) in [7, 11) is 0.859. The van der Waals surface area contributed by atoms with Gasteiger partial charge in [0.25, 0.3) is 0 Å². The topological polar surface area (TPSA) is 69.7 Å². The molecule has 1 N–H and O–H groups in total. The van der Waals surface area contributed by atoms with Crippen LogP contribution < -0.4 is 10.2 Å². The Morgan fingerprint density at radius 3 is 2.25 bits per heavy atom. The van der Waals surface area contributed by atoms with E-state index in [0.29, 0.717) is 17.8 Å². The van der Waals surface area contributed by atoms with Crippen LogP contribution in [0.15, 0.2) is 48.5 Å². The van der Waals surface area contributed by atoms with Gasteiger partial charge in [-0.1, -0.05) is 30.3 Å². The number of sulfone groups is 1. The van der Waals surface area contributed by atoms with Crippen LogP contribution in [0.2, 0.25) is 0 Å². The fourth-order valence-corrected chi connectivity index (χ4v) is 6.07. The summed E-state index contributed by atoms with van der Waals surface area (Å²) in [5.74, 6) is -0.352. The molecule has 1 heterocycles. The lowest BCUT2D eigenvalue weighted by Gasteiger charge is -2.48. The van der Waals surface area contributed by atoms with Gasteiger partial charge >= 0.3 is 6.03 Å². The molecule has 0 atom stereocenters. The zero-order valence-corrected chi connectivity index (χ0v) is 19.6. The molecule has 1 saturated heterocycles. The molecule has 2 aromatic rings. The third-order valence-corrected chi connectivity index (χ3v) is 7.89. The molecule has 172 valence electrons. The van der Waals surface area contributed by atoms with Crippen molar-refractivity contribution in [3.63, 3.8) is 0 Å². The maximum Gasteiger partial charge on any atom is 0.322 e. The highest BCUT2D eigenvalue weighted by molar-refractivity contribution is 7.89. The number of carbonyl (C=O) groups is 1. The van der Waals surface area contributed by atoms with Crippen LogP contribution >= 0.6 is 0 Å². The summed E-state index contributed by atoms with van der Waals surface area (Å²) >= 11 is 0. The molecular formula is C24H30FN3O3S. The minimum absolute atomic E-state index is 0.103. The molecule has 4 rings (SSSR count). The van der Waals surface area contributed by atoms with Gasteiger partial charge in [-0.25, -0.2) is 17.6 Å². The van der Waals surface area contributed by atoms with Gasteiger partial charge in [-0.2, -0.15) is 0 Å². The number of hydrogen-bond donors (Lipinski definition) is 1. The van der Waals surface area contributed by atoms with E-state index in [1.165, 1.54) is 18.4 Å². The summed E-state index contributed by atoms with van der Waals surface area (Å²) in [5.41, 5.74) is 1.78. The lowest BCUT2D eigenvalue weighted by molar-refractivity contribution is 0.0657. The average molecular weight is 460 g/mol. The normalized spacial score (nSPS) is 26.0. The van der Waals surface area contributed by atoms with Crippen molar-refractivity contribution in [1.29, 1.82) is 0 Å². The second kappa shape index (κ2) is 8.15. The zero-order chi connectivity index (χ0) is 23.1. The van der Waals surface area contributed by atoms with E-state index in [4.69, 9.17) is 0 Å². The van der Waals surface area contributed by atoms with E-state index in [1.54, 1.807) is 17.0 Å². The lowest BCUT2D eigenvalue weighted by atomic mass is 9.69. The van der Waals surface area contributed by atoms with Crippen molar-refractivity contribution in [2.75, 3.05) is 31.8 Å². The van der Waals surface area contributed by atoms with Crippen molar-refractivity contribution in [2.24, 2.45) is 0 Å². The van der Waals surface area contributed by atoms with Gasteiger partial charge in [0.05, 0.1) is 17.8 Å². The van der Waals surface area contributed by atoms with Gasteiger partial charge in [0.2, 0.25) is 0 Å². The minimum atomic E-state index is -3.23. The summed E-state index contributed by atoms with van der Waals surface area (Å²) in [6, 6.07) is 13.7.